The van der Waals surface area contributed by atoms with Gasteiger partial charge in [-0.25, -0.2) is 18.1 Å². The van der Waals surface area contributed by atoms with Crippen molar-refractivity contribution in [3.05, 3.63) is 65.7 Å². The van der Waals surface area contributed by atoms with Crippen molar-refractivity contribution in [2.75, 3.05) is 26.7 Å². The van der Waals surface area contributed by atoms with E-state index in [1.165, 1.54) is 12.6 Å². The van der Waals surface area contributed by atoms with Crippen LogP contribution in [0.25, 0.3) is 0 Å². The SMILES string of the molecule is CCNC(=NCc1ccc(S(=O)(=O)NC)cc1)NCCCOC(C)c1ccccc1. The molecule has 0 saturated carbocycles. The van der Waals surface area contributed by atoms with Gasteiger partial charge >= 0.3 is 0 Å². The highest BCUT2D eigenvalue weighted by atomic mass is 32.2. The Morgan fingerprint density at radius 3 is 2.40 bits per heavy atom. The predicted octanol–water partition coefficient (Wildman–Crippen LogP) is 2.82. The topological polar surface area (TPSA) is 91.8 Å². The minimum atomic E-state index is -3.42. The zero-order valence-electron chi connectivity index (χ0n) is 17.9. The van der Waals surface area contributed by atoms with Crippen LogP contribution in [0.15, 0.2) is 64.5 Å². The normalized spacial score (nSPS) is 13.1. The summed E-state index contributed by atoms with van der Waals surface area (Å²) in [4.78, 5) is 4.81. The van der Waals surface area contributed by atoms with Crippen LogP contribution in [0.2, 0.25) is 0 Å². The van der Waals surface area contributed by atoms with Gasteiger partial charge in [0.1, 0.15) is 0 Å². The van der Waals surface area contributed by atoms with E-state index in [1.54, 1.807) is 24.3 Å². The number of nitrogens with zero attached hydrogens (tertiary/aromatic N) is 1. The van der Waals surface area contributed by atoms with Gasteiger partial charge in [0.25, 0.3) is 0 Å². The number of hydrogen-bond acceptors (Lipinski definition) is 4. The fourth-order valence-corrected chi connectivity index (χ4v) is 3.49. The summed E-state index contributed by atoms with van der Waals surface area (Å²) in [5, 5.41) is 6.52. The lowest BCUT2D eigenvalue weighted by Gasteiger charge is -2.14. The quantitative estimate of drug-likeness (QED) is 0.289. The summed E-state index contributed by atoms with van der Waals surface area (Å²) in [5.41, 5.74) is 2.11. The molecule has 0 aliphatic heterocycles. The summed E-state index contributed by atoms with van der Waals surface area (Å²) in [6.07, 6.45) is 0.931. The Bertz CT molecular complexity index is 884. The van der Waals surface area contributed by atoms with Crippen molar-refractivity contribution in [2.45, 2.75) is 37.8 Å². The molecule has 0 aromatic heterocycles. The van der Waals surface area contributed by atoms with E-state index in [0.29, 0.717) is 13.2 Å². The van der Waals surface area contributed by atoms with Crippen molar-refractivity contribution >= 4 is 16.0 Å². The molecule has 0 aliphatic carbocycles. The lowest BCUT2D eigenvalue weighted by molar-refractivity contribution is 0.0646. The molecule has 0 amide bonds. The first-order valence-corrected chi connectivity index (χ1v) is 11.7. The summed E-state index contributed by atoms with van der Waals surface area (Å²) >= 11 is 0. The highest BCUT2D eigenvalue weighted by Crippen LogP contribution is 2.15. The number of ether oxygens (including phenoxy) is 1. The third kappa shape index (κ3) is 7.78. The van der Waals surface area contributed by atoms with Gasteiger partial charge in [-0.3, -0.25) is 0 Å². The lowest BCUT2D eigenvalue weighted by Crippen LogP contribution is -2.38. The van der Waals surface area contributed by atoms with Gasteiger partial charge in [0.15, 0.2) is 5.96 Å². The van der Waals surface area contributed by atoms with Crippen LogP contribution in [0, 0.1) is 0 Å². The average Bonchev–Trinajstić information content (AvgIpc) is 2.77. The molecule has 7 nitrogen and oxygen atoms in total. The van der Waals surface area contributed by atoms with Crippen LogP contribution in [0.1, 0.15) is 37.5 Å². The highest BCUT2D eigenvalue weighted by Gasteiger charge is 2.10. The van der Waals surface area contributed by atoms with Crippen molar-refractivity contribution < 1.29 is 13.2 Å². The first-order chi connectivity index (χ1) is 14.5. The predicted molar refractivity (Wildman–Crippen MR) is 121 cm³/mol. The van der Waals surface area contributed by atoms with Gasteiger partial charge in [-0.2, -0.15) is 0 Å². The molecule has 30 heavy (non-hydrogen) atoms. The minimum absolute atomic E-state index is 0.0720. The van der Waals surface area contributed by atoms with Crippen LogP contribution in [-0.2, 0) is 21.3 Å². The van der Waals surface area contributed by atoms with Crippen LogP contribution in [-0.4, -0.2) is 41.1 Å². The molecule has 164 valence electrons. The summed E-state index contributed by atoms with van der Waals surface area (Å²) in [5.74, 6) is 0.723. The second kappa shape index (κ2) is 12.3. The van der Waals surface area contributed by atoms with Crippen molar-refractivity contribution in [1.82, 2.24) is 15.4 Å². The van der Waals surface area contributed by atoms with Crippen molar-refractivity contribution in [3.63, 3.8) is 0 Å². The Balaban J connectivity index is 1.79. The third-order valence-corrected chi connectivity index (χ3v) is 5.95. The van der Waals surface area contributed by atoms with E-state index >= 15 is 0 Å². The van der Waals surface area contributed by atoms with Gasteiger partial charge in [-0.1, -0.05) is 42.5 Å². The molecular weight excluding hydrogens is 400 g/mol. The molecule has 3 N–H and O–H groups in total. The number of hydrogen-bond donors (Lipinski definition) is 3. The molecule has 8 heteroatoms. The molecule has 0 spiro atoms. The molecule has 0 fully saturated rings. The monoisotopic (exact) mass is 432 g/mol. The molecule has 1 atom stereocenters. The maximum atomic E-state index is 11.8. The van der Waals surface area contributed by atoms with Crippen LogP contribution in [0.4, 0.5) is 0 Å². The Morgan fingerprint density at radius 1 is 1.07 bits per heavy atom. The smallest absolute Gasteiger partial charge is 0.240 e. The third-order valence-electron chi connectivity index (χ3n) is 4.52. The van der Waals surface area contributed by atoms with Gasteiger partial charge in [-0.05, 0) is 50.6 Å². The lowest BCUT2D eigenvalue weighted by atomic mass is 10.1. The van der Waals surface area contributed by atoms with Gasteiger partial charge in [0.2, 0.25) is 10.0 Å². The molecule has 0 heterocycles. The van der Waals surface area contributed by atoms with Crippen LogP contribution in [0.5, 0.6) is 0 Å². The van der Waals surface area contributed by atoms with Crippen molar-refractivity contribution in [1.29, 1.82) is 0 Å². The fraction of sp³-hybridized carbons (Fsp3) is 0.409. The molecule has 0 aliphatic rings. The Hall–Kier alpha value is -2.42. The summed E-state index contributed by atoms with van der Waals surface area (Å²) in [6.45, 7) is 6.68. The molecule has 0 bridgehead atoms. The van der Waals surface area contributed by atoms with E-state index < -0.39 is 10.0 Å². The number of guanidine groups is 1. The maximum absolute atomic E-state index is 11.8. The van der Waals surface area contributed by atoms with E-state index in [2.05, 4.69) is 39.4 Å². The second-order valence-corrected chi connectivity index (χ2v) is 8.64. The van der Waals surface area contributed by atoms with Gasteiger partial charge in [-0.15, -0.1) is 0 Å². The van der Waals surface area contributed by atoms with Crippen LogP contribution >= 0.6 is 0 Å². The summed E-state index contributed by atoms with van der Waals surface area (Å²) in [7, 11) is -2.02. The van der Waals surface area contributed by atoms with E-state index in [1.807, 2.05) is 25.1 Å². The molecular formula is C22H32N4O3S. The first kappa shape index (κ1) is 23.9. The van der Waals surface area contributed by atoms with Crippen LogP contribution in [0.3, 0.4) is 0 Å². The molecule has 2 aromatic carbocycles. The second-order valence-electron chi connectivity index (χ2n) is 6.75. The number of aliphatic imine (C=N–C) groups is 1. The number of rotatable bonds is 11. The molecule has 1 unspecified atom stereocenters. The first-order valence-electron chi connectivity index (χ1n) is 10.2. The Morgan fingerprint density at radius 2 is 1.77 bits per heavy atom. The fourth-order valence-electron chi connectivity index (χ4n) is 2.76. The number of benzene rings is 2. The molecule has 0 radical (unpaired) electrons. The average molecular weight is 433 g/mol. The van der Waals surface area contributed by atoms with E-state index in [9.17, 15) is 8.42 Å². The molecule has 2 aromatic rings. The number of sulfonamides is 1. The zero-order chi connectivity index (χ0) is 21.8. The van der Waals surface area contributed by atoms with Gasteiger partial charge in [0.05, 0.1) is 17.5 Å². The molecule has 2 rings (SSSR count). The highest BCUT2D eigenvalue weighted by molar-refractivity contribution is 7.89. The maximum Gasteiger partial charge on any atom is 0.240 e. The molecule has 0 saturated heterocycles. The standard InChI is InChI=1S/C22H32N4O3S/c1-4-24-22(25-15-8-16-29-18(2)20-9-6-5-7-10-20)26-17-19-11-13-21(14-12-19)30(27,28)23-3/h5-7,9-14,18,23H,4,8,15-17H2,1-3H3,(H2,24,25,26). The zero-order valence-corrected chi connectivity index (χ0v) is 18.7. The minimum Gasteiger partial charge on any atom is -0.374 e. The Kier molecular flexibility index (Phi) is 9.79. The van der Waals surface area contributed by atoms with Crippen molar-refractivity contribution in [2.24, 2.45) is 4.99 Å². The van der Waals surface area contributed by atoms with Gasteiger partial charge in [0, 0.05) is 19.7 Å². The van der Waals surface area contributed by atoms with E-state index in [-0.39, 0.29) is 11.0 Å². The van der Waals surface area contributed by atoms with E-state index in [0.717, 1.165) is 31.0 Å². The largest absolute Gasteiger partial charge is 0.374 e. The summed E-state index contributed by atoms with van der Waals surface area (Å²) in [6, 6.07) is 16.9. The van der Waals surface area contributed by atoms with Crippen LogP contribution < -0.4 is 15.4 Å². The number of nitrogens with one attached hydrogen (secondary N) is 3. The Labute approximate surface area is 180 Å². The van der Waals surface area contributed by atoms with Crippen molar-refractivity contribution in [3.8, 4) is 0 Å². The van der Waals surface area contributed by atoms with E-state index in [4.69, 9.17) is 4.74 Å². The summed E-state index contributed by atoms with van der Waals surface area (Å²) < 4.78 is 31.8. The van der Waals surface area contributed by atoms with Gasteiger partial charge < -0.3 is 15.4 Å².